The van der Waals surface area contributed by atoms with Gasteiger partial charge >= 0.3 is 5.97 Å². The number of benzene rings is 3. The molecule has 1 aliphatic rings. The van der Waals surface area contributed by atoms with Crippen LogP contribution < -0.4 is 0 Å². The van der Waals surface area contributed by atoms with Gasteiger partial charge in [0.05, 0.1) is 5.56 Å². The maximum absolute atomic E-state index is 12.3. The highest BCUT2D eigenvalue weighted by molar-refractivity contribution is 5.89. The molecule has 1 aliphatic heterocycles. The third-order valence-electron chi connectivity index (χ3n) is 5.41. The molecule has 0 aliphatic carbocycles. The average molecular weight is 371 g/mol. The van der Waals surface area contributed by atoms with E-state index in [0.717, 1.165) is 32.4 Å². The van der Waals surface area contributed by atoms with Gasteiger partial charge in [-0.2, -0.15) is 0 Å². The molecule has 3 heteroatoms. The molecule has 1 saturated heterocycles. The van der Waals surface area contributed by atoms with Crippen molar-refractivity contribution >= 4 is 5.97 Å². The molecule has 0 saturated carbocycles. The van der Waals surface area contributed by atoms with Gasteiger partial charge in [0, 0.05) is 13.1 Å². The van der Waals surface area contributed by atoms with Crippen LogP contribution in [0.25, 0.3) is 0 Å². The lowest BCUT2D eigenvalue weighted by atomic mass is 9.85. The van der Waals surface area contributed by atoms with Crippen LogP contribution in [0.3, 0.4) is 0 Å². The molecule has 0 aromatic heterocycles. The second-order valence-electron chi connectivity index (χ2n) is 7.31. The lowest BCUT2D eigenvalue weighted by Crippen LogP contribution is -2.35. The Bertz CT molecular complexity index is 900. The van der Waals surface area contributed by atoms with Crippen LogP contribution in [0.2, 0.25) is 0 Å². The van der Waals surface area contributed by atoms with E-state index in [1.165, 1.54) is 16.7 Å². The van der Waals surface area contributed by atoms with Gasteiger partial charge in [0.15, 0.2) is 0 Å². The Hall–Kier alpha value is -2.91. The van der Waals surface area contributed by atoms with Crippen molar-refractivity contribution in [3.05, 3.63) is 107 Å². The fourth-order valence-corrected chi connectivity index (χ4v) is 3.91. The van der Waals surface area contributed by atoms with Crippen molar-refractivity contribution in [2.45, 2.75) is 25.2 Å². The van der Waals surface area contributed by atoms with Crippen LogP contribution in [0.15, 0.2) is 84.9 Å². The molecule has 1 heterocycles. The highest BCUT2D eigenvalue weighted by Crippen LogP contribution is 2.31. The van der Waals surface area contributed by atoms with E-state index in [9.17, 15) is 4.79 Å². The highest BCUT2D eigenvalue weighted by atomic mass is 16.7. The number of carbonyl (C=O) groups excluding carboxylic acids is 1. The van der Waals surface area contributed by atoms with Gasteiger partial charge in [-0.3, -0.25) is 0 Å². The lowest BCUT2D eigenvalue weighted by Gasteiger charge is -2.31. The van der Waals surface area contributed by atoms with Crippen LogP contribution >= 0.6 is 0 Å². The topological polar surface area (TPSA) is 29.5 Å². The van der Waals surface area contributed by atoms with Crippen LogP contribution in [-0.4, -0.2) is 24.1 Å². The number of rotatable bonds is 5. The third-order valence-corrected chi connectivity index (χ3v) is 5.41. The first-order valence-electron chi connectivity index (χ1n) is 9.93. The number of piperidine rings is 1. The quantitative estimate of drug-likeness (QED) is 0.615. The van der Waals surface area contributed by atoms with E-state index in [1.807, 2.05) is 23.3 Å². The summed E-state index contributed by atoms with van der Waals surface area (Å²) >= 11 is 0. The number of hydrogen-bond acceptors (Lipinski definition) is 3. The van der Waals surface area contributed by atoms with Gasteiger partial charge in [-0.05, 0) is 54.0 Å². The third kappa shape index (κ3) is 4.49. The van der Waals surface area contributed by atoms with Gasteiger partial charge in [0.25, 0.3) is 0 Å². The number of nitrogens with zero attached hydrogens (tertiary/aromatic N) is 1. The SMILES string of the molecule is O=C(ON1CCC(c2ccccc2Cc2ccccc2)CC1)c1ccccc1. The highest BCUT2D eigenvalue weighted by Gasteiger charge is 2.25. The molecule has 0 unspecified atom stereocenters. The number of hydrogen-bond donors (Lipinski definition) is 0. The Kier molecular flexibility index (Phi) is 5.83. The molecular formula is C25H25NO2. The van der Waals surface area contributed by atoms with Crippen molar-refractivity contribution in [2.24, 2.45) is 0 Å². The largest absolute Gasteiger partial charge is 0.364 e. The van der Waals surface area contributed by atoms with Crippen molar-refractivity contribution in [3.63, 3.8) is 0 Å². The number of carbonyl (C=O) groups is 1. The van der Waals surface area contributed by atoms with Gasteiger partial charge in [0.2, 0.25) is 0 Å². The van der Waals surface area contributed by atoms with Crippen molar-refractivity contribution in [3.8, 4) is 0 Å². The summed E-state index contributed by atoms with van der Waals surface area (Å²) in [7, 11) is 0. The molecular weight excluding hydrogens is 346 g/mol. The minimum absolute atomic E-state index is 0.275. The summed E-state index contributed by atoms with van der Waals surface area (Å²) in [5.41, 5.74) is 4.76. The summed E-state index contributed by atoms with van der Waals surface area (Å²) in [4.78, 5) is 17.8. The minimum atomic E-state index is -0.275. The maximum Gasteiger partial charge on any atom is 0.357 e. The van der Waals surface area contributed by atoms with Crippen molar-refractivity contribution < 1.29 is 9.63 Å². The van der Waals surface area contributed by atoms with Crippen LogP contribution in [-0.2, 0) is 11.3 Å². The molecule has 3 aromatic rings. The Labute approximate surface area is 166 Å². The Morgan fingerprint density at radius 2 is 1.43 bits per heavy atom. The Morgan fingerprint density at radius 1 is 0.821 bits per heavy atom. The zero-order valence-corrected chi connectivity index (χ0v) is 16.0. The first-order chi connectivity index (χ1) is 13.8. The minimum Gasteiger partial charge on any atom is -0.364 e. The smallest absolute Gasteiger partial charge is 0.357 e. The van der Waals surface area contributed by atoms with Crippen molar-refractivity contribution in [1.29, 1.82) is 0 Å². The molecule has 1 fully saturated rings. The van der Waals surface area contributed by atoms with Crippen molar-refractivity contribution in [2.75, 3.05) is 13.1 Å². The van der Waals surface area contributed by atoms with E-state index in [4.69, 9.17) is 4.84 Å². The van der Waals surface area contributed by atoms with Crippen LogP contribution in [0.1, 0.15) is 45.8 Å². The molecule has 28 heavy (non-hydrogen) atoms. The lowest BCUT2D eigenvalue weighted by molar-refractivity contribution is -0.121. The maximum atomic E-state index is 12.3. The zero-order chi connectivity index (χ0) is 19.2. The van der Waals surface area contributed by atoms with E-state index in [1.54, 1.807) is 12.1 Å². The Morgan fingerprint density at radius 3 is 2.14 bits per heavy atom. The Balaban J connectivity index is 1.38. The van der Waals surface area contributed by atoms with E-state index in [0.29, 0.717) is 11.5 Å². The first kappa shape index (κ1) is 18.5. The van der Waals surface area contributed by atoms with Gasteiger partial charge in [-0.1, -0.05) is 72.8 Å². The predicted octanol–water partition coefficient (Wildman–Crippen LogP) is 5.23. The van der Waals surface area contributed by atoms with Crippen LogP contribution in [0.4, 0.5) is 0 Å². The summed E-state index contributed by atoms with van der Waals surface area (Å²) in [6, 6.07) is 28.5. The second-order valence-corrected chi connectivity index (χ2v) is 7.31. The standard InChI is InChI=1S/C25H25NO2/c27-25(22-11-5-2-6-12-22)28-26-17-15-21(16-18-26)24-14-8-7-13-23(24)19-20-9-3-1-4-10-20/h1-14,21H,15-19H2. The van der Waals surface area contributed by atoms with Crippen molar-refractivity contribution in [1.82, 2.24) is 5.06 Å². The normalized spacial score (nSPS) is 15.3. The molecule has 0 spiro atoms. The summed E-state index contributed by atoms with van der Waals surface area (Å²) in [5, 5.41) is 1.81. The van der Waals surface area contributed by atoms with E-state index in [-0.39, 0.29) is 5.97 Å². The van der Waals surface area contributed by atoms with E-state index in [2.05, 4.69) is 54.6 Å². The first-order valence-corrected chi connectivity index (χ1v) is 9.93. The summed E-state index contributed by atoms with van der Waals surface area (Å²) < 4.78 is 0. The van der Waals surface area contributed by atoms with Gasteiger partial charge in [-0.15, -0.1) is 5.06 Å². The zero-order valence-electron chi connectivity index (χ0n) is 16.0. The fraction of sp³-hybridized carbons (Fsp3) is 0.240. The molecule has 0 amide bonds. The molecule has 142 valence electrons. The molecule has 0 bridgehead atoms. The second kappa shape index (κ2) is 8.85. The monoisotopic (exact) mass is 371 g/mol. The number of hydroxylamine groups is 2. The molecule has 3 nitrogen and oxygen atoms in total. The summed E-state index contributed by atoms with van der Waals surface area (Å²) in [6.07, 6.45) is 2.95. The van der Waals surface area contributed by atoms with Gasteiger partial charge < -0.3 is 4.84 Å². The van der Waals surface area contributed by atoms with Gasteiger partial charge in [-0.25, -0.2) is 4.79 Å². The van der Waals surface area contributed by atoms with Crippen LogP contribution in [0, 0.1) is 0 Å². The predicted molar refractivity (Wildman–Crippen MR) is 111 cm³/mol. The molecule has 0 N–H and O–H groups in total. The summed E-state index contributed by atoms with van der Waals surface area (Å²) in [6.45, 7) is 1.53. The fourth-order valence-electron chi connectivity index (χ4n) is 3.91. The van der Waals surface area contributed by atoms with E-state index < -0.39 is 0 Å². The molecule has 3 aromatic carbocycles. The molecule has 0 radical (unpaired) electrons. The average Bonchev–Trinajstić information content (AvgIpc) is 2.76. The summed E-state index contributed by atoms with van der Waals surface area (Å²) in [5.74, 6) is 0.232. The van der Waals surface area contributed by atoms with Gasteiger partial charge in [0.1, 0.15) is 0 Å². The molecule has 4 rings (SSSR count). The van der Waals surface area contributed by atoms with E-state index >= 15 is 0 Å². The van der Waals surface area contributed by atoms with Crippen LogP contribution in [0.5, 0.6) is 0 Å². The molecule has 0 atom stereocenters.